The monoisotopic (exact) mass is 595 g/mol. The van der Waals surface area contributed by atoms with E-state index in [1.54, 1.807) is 0 Å². The molecule has 5 heterocycles. The molecule has 16 atom stereocenters. The van der Waals surface area contributed by atoms with Crippen molar-refractivity contribution < 1.29 is 5.06 Å². The summed E-state index contributed by atoms with van der Waals surface area (Å²) >= 11 is 0. The first-order valence-electron chi connectivity index (χ1n) is 18.1. The number of hydrogen-bond acceptors (Lipinski definition) is 8. The SMILES string of the molecule is [Al+3].[O-][NH+]1C2NC(NC3NC(NC4NC(NC5NC1C1CCCCC51)C1CCCCC41)C1CCCCC31)C1CCCCC12. The van der Waals surface area contributed by atoms with Crippen LogP contribution in [0.4, 0.5) is 0 Å². The third kappa shape index (κ3) is 4.90. The summed E-state index contributed by atoms with van der Waals surface area (Å²) in [6, 6.07) is 0. The van der Waals surface area contributed by atoms with Crippen molar-refractivity contribution in [3.8, 4) is 0 Å². The minimum atomic E-state index is -0.00118. The van der Waals surface area contributed by atoms with Crippen LogP contribution < -0.4 is 42.3 Å². The third-order valence-electron chi connectivity index (χ3n) is 14.1. The second-order valence-corrected chi connectivity index (χ2v) is 15.8. The number of hydroxylamine groups is 2. The van der Waals surface area contributed by atoms with E-state index in [0.29, 0.717) is 77.1 Å². The Balaban J connectivity index is 0.00000267. The van der Waals surface area contributed by atoms with Gasteiger partial charge in [-0.2, -0.15) is 0 Å². The van der Waals surface area contributed by atoms with E-state index in [2.05, 4.69) is 37.2 Å². The van der Waals surface area contributed by atoms with Gasteiger partial charge < -0.3 is 10.3 Å². The van der Waals surface area contributed by atoms with Crippen LogP contribution in [0.1, 0.15) is 103 Å². The van der Waals surface area contributed by atoms with Crippen molar-refractivity contribution in [3.63, 3.8) is 0 Å². The van der Waals surface area contributed by atoms with Gasteiger partial charge >= 0.3 is 17.4 Å². The summed E-state index contributed by atoms with van der Waals surface area (Å²) in [6.07, 6.45) is 22.7. The van der Waals surface area contributed by atoms with E-state index in [-0.39, 0.29) is 42.0 Å². The van der Waals surface area contributed by atoms with Crippen molar-refractivity contribution in [3.05, 3.63) is 5.21 Å². The number of rotatable bonds is 0. The van der Waals surface area contributed by atoms with Crippen LogP contribution in [-0.2, 0) is 0 Å². The molecule has 0 spiro atoms. The van der Waals surface area contributed by atoms with Crippen LogP contribution in [0.2, 0.25) is 0 Å². The molecule has 9 nitrogen and oxygen atoms in total. The van der Waals surface area contributed by atoms with Crippen LogP contribution in [0.5, 0.6) is 0 Å². The first-order valence-corrected chi connectivity index (χ1v) is 18.1. The normalized spacial score (nSPS) is 56.9. The average Bonchev–Trinajstić information content (AvgIpc) is 3.76. The van der Waals surface area contributed by atoms with Crippen LogP contribution in [0.15, 0.2) is 0 Å². The fraction of sp³-hybridized carbons (Fsp3) is 1.00. The number of fused-ring (bicyclic) bond motifs is 20. The van der Waals surface area contributed by atoms with E-state index in [1.165, 1.54) is 103 Å². The molecule has 16 unspecified atom stereocenters. The van der Waals surface area contributed by atoms with Gasteiger partial charge in [0.15, 0.2) is 0 Å². The summed E-state index contributed by atoms with van der Waals surface area (Å²) in [5.74, 6) is 4.84. The molecule has 10 heteroatoms. The first-order chi connectivity index (χ1) is 20.2. The van der Waals surface area contributed by atoms with E-state index in [4.69, 9.17) is 0 Å². The predicted molar refractivity (Wildman–Crippen MR) is 164 cm³/mol. The summed E-state index contributed by atoms with van der Waals surface area (Å²) in [4.78, 5) is 0. The molecule has 9 aliphatic rings. The van der Waals surface area contributed by atoms with Crippen molar-refractivity contribution >= 4 is 17.4 Å². The van der Waals surface area contributed by atoms with E-state index >= 15 is 0 Å². The van der Waals surface area contributed by atoms with Gasteiger partial charge in [-0.1, -0.05) is 51.4 Å². The molecule has 5 saturated heterocycles. The Morgan fingerprint density at radius 1 is 0.333 bits per heavy atom. The molecule has 0 aromatic heterocycles. The van der Waals surface area contributed by atoms with Gasteiger partial charge in [0.2, 0.25) is 0 Å². The molecule has 230 valence electrons. The quantitative estimate of drug-likeness (QED) is 0.155. The molecular weight excluding hydrogens is 539 g/mol. The molecule has 9 rings (SSSR count). The smallest absolute Gasteiger partial charge is 0.632 e. The average molecular weight is 596 g/mol. The summed E-state index contributed by atoms with van der Waals surface area (Å²) in [7, 11) is 0. The van der Waals surface area contributed by atoms with Gasteiger partial charge in [0.05, 0.1) is 37.0 Å². The minimum Gasteiger partial charge on any atom is -0.632 e. The molecule has 42 heavy (non-hydrogen) atoms. The zero-order valence-corrected chi connectivity index (χ0v) is 26.7. The maximum atomic E-state index is 14.6. The largest absolute Gasteiger partial charge is 3.00 e. The fourth-order valence-electron chi connectivity index (χ4n) is 12.2. The second kappa shape index (κ2) is 12.1. The predicted octanol–water partition coefficient (Wildman–Crippen LogP) is 1.02. The maximum Gasteiger partial charge on any atom is 3.00 e. The molecule has 4 aliphatic carbocycles. The summed E-state index contributed by atoms with van der Waals surface area (Å²) in [5.41, 5.74) is 0. The van der Waals surface area contributed by atoms with Crippen LogP contribution in [0.3, 0.4) is 0 Å². The molecule has 0 radical (unpaired) electrons. The summed E-state index contributed by atoms with van der Waals surface area (Å²) < 4.78 is 0. The van der Waals surface area contributed by atoms with Crippen molar-refractivity contribution in [1.82, 2.24) is 37.2 Å². The van der Waals surface area contributed by atoms with Crippen molar-refractivity contribution in [2.24, 2.45) is 47.3 Å². The van der Waals surface area contributed by atoms with E-state index < -0.39 is 0 Å². The van der Waals surface area contributed by atoms with Crippen LogP contribution in [-0.4, -0.2) is 66.7 Å². The summed E-state index contributed by atoms with van der Waals surface area (Å²) in [6.45, 7) is 0. The van der Waals surface area contributed by atoms with Gasteiger partial charge in [-0.3, -0.25) is 37.2 Å². The summed E-state index contributed by atoms with van der Waals surface area (Å²) in [5, 5.41) is 43.9. The molecule has 5 aliphatic heterocycles. The number of nitrogens with one attached hydrogen (secondary N) is 8. The molecule has 0 aromatic rings. The van der Waals surface area contributed by atoms with E-state index in [0.717, 1.165) is 0 Å². The fourth-order valence-corrected chi connectivity index (χ4v) is 12.2. The second-order valence-electron chi connectivity index (χ2n) is 15.8. The number of quaternary nitrogens is 1. The molecular formula is C32H56AlN8O+3. The first kappa shape index (κ1) is 29.6. The van der Waals surface area contributed by atoms with Gasteiger partial charge in [0.25, 0.3) is 0 Å². The Hall–Kier alpha value is 0.172. The zero-order valence-electron chi connectivity index (χ0n) is 25.5. The minimum absolute atomic E-state index is 0. The van der Waals surface area contributed by atoms with Crippen LogP contribution >= 0.6 is 0 Å². The van der Waals surface area contributed by atoms with Crippen molar-refractivity contribution in [2.45, 2.75) is 152 Å². The molecule has 0 amide bonds. The van der Waals surface area contributed by atoms with Gasteiger partial charge in [0, 0.05) is 11.8 Å². The zero-order chi connectivity index (χ0) is 27.1. The number of hydrogen-bond donors (Lipinski definition) is 8. The Kier molecular flexibility index (Phi) is 8.50. The van der Waals surface area contributed by atoms with Crippen molar-refractivity contribution in [2.75, 3.05) is 0 Å². The Labute approximate surface area is 263 Å². The topological polar surface area (TPSA) is 112 Å². The van der Waals surface area contributed by atoms with E-state index in [9.17, 15) is 5.21 Å². The van der Waals surface area contributed by atoms with Gasteiger partial charge in [-0.15, -0.1) is 0 Å². The maximum absolute atomic E-state index is 14.6. The van der Waals surface area contributed by atoms with Gasteiger partial charge in [0.1, 0.15) is 12.3 Å². The molecule has 8 bridgehead atoms. The molecule has 4 saturated carbocycles. The Bertz CT molecular complexity index is 889. The molecule has 9 fully saturated rings. The Morgan fingerprint density at radius 2 is 0.548 bits per heavy atom. The Morgan fingerprint density at radius 3 is 0.833 bits per heavy atom. The van der Waals surface area contributed by atoms with Gasteiger partial charge in [-0.05, 0) is 86.9 Å². The standard InChI is InChI=1S/C32H56N8O.Al/c41-40-31-23-15-7-5-13-21(23)29(38-31)36-27-19-11-3-1-9-17(19)25(34-27)33-26-18-10-2-4-12-20(18)28(35-26)37-30-22-14-6-8-16-24(22)32(40)39-30;/h17-40H,1-16H2;/q;+3. The van der Waals surface area contributed by atoms with Crippen molar-refractivity contribution in [1.29, 1.82) is 0 Å². The third-order valence-corrected chi connectivity index (χ3v) is 14.1. The van der Waals surface area contributed by atoms with Crippen LogP contribution in [0.25, 0.3) is 0 Å². The van der Waals surface area contributed by atoms with Crippen LogP contribution in [0, 0.1) is 52.6 Å². The molecule has 8 N–H and O–H groups in total. The van der Waals surface area contributed by atoms with E-state index in [1.807, 2.05) is 0 Å². The molecule has 0 aromatic carbocycles. The van der Waals surface area contributed by atoms with Gasteiger partial charge in [-0.25, -0.2) is 0 Å².